The molecule has 0 aliphatic rings. The summed E-state index contributed by atoms with van der Waals surface area (Å²) >= 11 is 7.65. The molecule has 0 saturated heterocycles. The number of hydrogen-bond acceptors (Lipinski definition) is 3. The van der Waals surface area contributed by atoms with Crippen LogP contribution in [-0.2, 0) is 0 Å². The highest BCUT2D eigenvalue weighted by Crippen LogP contribution is 2.33. The Bertz CT molecular complexity index is 770. The van der Waals surface area contributed by atoms with Crippen LogP contribution in [0, 0.1) is 5.82 Å². The van der Waals surface area contributed by atoms with Gasteiger partial charge >= 0.3 is 0 Å². The van der Waals surface area contributed by atoms with Gasteiger partial charge < -0.3 is 5.73 Å². The average Bonchev–Trinajstić information content (AvgIpc) is 2.92. The summed E-state index contributed by atoms with van der Waals surface area (Å²) in [7, 11) is 0. The molecule has 0 amide bonds. The number of aromatic nitrogens is 1. The van der Waals surface area contributed by atoms with E-state index in [4.69, 9.17) is 17.3 Å². The maximum atomic E-state index is 13.2. The monoisotopic (exact) mass is 304 g/mol. The van der Waals surface area contributed by atoms with E-state index in [2.05, 4.69) is 4.98 Å². The van der Waals surface area contributed by atoms with Gasteiger partial charge in [0.05, 0.1) is 16.4 Å². The molecule has 20 heavy (non-hydrogen) atoms. The van der Waals surface area contributed by atoms with Crippen LogP contribution < -0.4 is 5.73 Å². The SMILES string of the molecule is Nc1cc(-c2csc(-c3ccccc3Cl)n2)ccc1F. The van der Waals surface area contributed by atoms with E-state index < -0.39 is 5.82 Å². The number of nitrogens with two attached hydrogens (primary N) is 1. The van der Waals surface area contributed by atoms with Crippen LogP contribution in [0.5, 0.6) is 0 Å². The van der Waals surface area contributed by atoms with Crippen LogP contribution in [0.3, 0.4) is 0 Å². The molecular formula is C15H10ClFN2S. The first kappa shape index (κ1) is 13.1. The van der Waals surface area contributed by atoms with Crippen molar-refractivity contribution in [3.63, 3.8) is 0 Å². The Morgan fingerprint density at radius 3 is 2.70 bits per heavy atom. The van der Waals surface area contributed by atoms with Crippen LogP contribution in [0.2, 0.25) is 5.02 Å². The van der Waals surface area contributed by atoms with E-state index in [1.165, 1.54) is 17.4 Å². The van der Waals surface area contributed by atoms with E-state index in [9.17, 15) is 4.39 Å². The number of rotatable bonds is 2. The minimum atomic E-state index is -0.421. The third-order valence-corrected chi connectivity index (χ3v) is 4.11. The molecule has 0 aliphatic carbocycles. The minimum Gasteiger partial charge on any atom is -0.396 e. The Kier molecular flexibility index (Phi) is 3.42. The van der Waals surface area contributed by atoms with Crippen molar-refractivity contribution >= 4 is 28.6 Å². The molecule has 2 N–H and O–H groups in total. The van der Waals surface area contributed by atoms with Gasteiger partial charge in [-0.25, -0.2) is 9.37 Å². The zero-order valence-electron chi connectivity index (χ0n) is 10.3. The molecule has 5 heteroatoms. The number of nitrogen functional groups attached to an aromatic ring is 1. The van der Waals surface area contributed by atoms with Crippen LogP contribution in [-0.4, -0.2) is 4.98 Å². The van der Waals surface area contributed by atoms with Gasteiger partial charge in [-0.05, 0) is 24.3 Å². The van der Waals surface area contributed by atoms with Crippen molar-refractivity contribution in [1.82, 2.24) is 4.98 Å². The Labute approximate surface area is 124 Å². The lowest BCUT2D eigenvalue weighted by molar-refractivity contribution is 0.632. The van der Waals surface area contributed by atoms with Crippen molar-refractivity contribution in [2.75, 3.05) is 5.73 Å². The molecule has 100 valence electrons. The zero-order chi connectivity index (χ0) is 14.1. The molecule has 0 fully saturated rings. The number of thiazole rings is 1. The van der Waals surface area contributed by atoms with Crippen LogP contribution in [0.15, 0.2) is 47.8 Å². The van der Waals surface area contributed by atoms with Gasteiger partial charge in [-0.15, -0.1) is 11.3 Å². The Morgan fingerprint density at radius 1 is 1.15 bits per heavy atom. The first-order chi connectivity index (χ1) is 9.65. The normalized spacial score (nSPS) is 10.7. The molecule has 2 nitrogen and oxygen atoms in total. The quantitative estimate of drug-likeness (QED) is 0.687. The van der Waals surface area contributed by atoms with Crippen LogP contribution >= 0.6 is 22.9 Å². The summed E-state index contributed by atoms with van der Waals surface area (Å²) in [4.78, 5) is 4.54. The summed E-state index contributed by atoms with van der Waals surface area (Å²) in [6.45, 7) is 0. The summed E-state index contributed by atoms with van der Waals surface area (Å²) in [6.07, 6.45) is 0. The summed E-state index contributed by atoms with van der Waals surface area (Å²) in [5.74, 6) is -0.421. The van der Waals surface area contributed by atoms with E-state index >= 15 is 0 Å². The van der Waals surface area contributed by atoms with E-state index in [0.717, 1.165) is 21.8 Å². The molecule has 0 bridgehead atoms. The lowest BCUT2D eigenvalue weighted by Gasteiger charge is -2.01. The maximum Gasteiger partial charge on any atom is 0.146 e. The summed E-state index contributed by atoms with van der Waals surface area (Å²) in [6, 6.07) is 12.1. The fourth-order valence-electron chi connectivity index (χ4n) is 1.87. The van der Waals surface area contributed by atoms with Crippen molar-refractivity contribution in [3.8, 4) is 21.8 Å². The van der Waals surface area contributed by atoms with Gasteiger partial charge in [-0.2, -0.15) is 0 Å². The second-order valence-corrected chi connectivity index (χ2v) is 5.52. The average molecular weight is 305 g/mol. The van der Waals surface area contributed by atoms with Crippen molar-refractivity contribution < 1.29 is 4.39 Å². The van der Waals surface area contributed by atoms with Gasteiger partial charge in [0.2, 0.25) is 0 Å². The van der Waals surface area contributed by atoms with Crippen molar-refractivity contribution in [1.29, 1.82) is 0 Å². The molecule has 2 aromatic carbocycles. The fraction of sp³-hybridized carbons (Fsp3) is 0. The van der Waals surface area contributed by atoms with Crippen molar-refractivity contribution in [2.45, 2.75) is 0 Å². The highest BCUT2D eigenvalue weighted by Gasteiger charge is 2.10. The summed E-state index contributed by atoms with van der Waals surface area (Å²) < 4.78 is 13.2. The van der Waals surface area contributed by atoms with Crippen LogP contribution in [0.4, 0.5) is 10.1 Å². The van der Waals surface area contributed by atoms with Gasteiger partial charge in [0.15, 0.2) is 0 Å². The van der Waals surface area contributed by atoms with Gasteiger partial charge in [-0.3, -0.25) is 0 Å². The van der Waals surface area contributed by atoms with Gasteiger partial charge in [0, 0.05) is 16.5 Å². The largest absolute Gasteiger partial charge is 0.396 e. The fourth-order valence-corrected chi connectivity index (χ4v) is 3.02. The van der Waals surface area contributed by atoms with Crippen molar-refractivity contribution in [3.05, 3.63) is 58.7 Å². The Balaban J connectivity index is 2.02. The molecule has 0 aliphatic heterocycles. The standard InChI is InChI=1S/C15H10ClFN2S/c16-11-4-2-1-3-10(11)15-19-14(8-20-15)9-5-6-12(17)13(18)7-9/h1-8H,18H2. The van der Waals surface area contributed by atoms with E-state index in [1.54, 1.807) is 12.1 Å². The molecule has 1 heterocycles. The molecule has 3 aromatic rings. The van der Waals surface area contributed by atoms with Crippen molar-refractivity contribution in [2.24, 2.45) is 0 Å². The number of benzene rings is 2. The second-order valence-electron chi connectivity index (χ2n) is 4.25. The number of anilines is 1. The lowest BCUT2D eigenvalue weighted by atomic mass is 10.1. The van der Waals surface area contributed by atoms with Gasteiger partial charge in [0.25, 0.3) is 0 Å². The summed E-state index contributed by atoms with van der Waals surface area (Å²) in [5, 5.41) is 3.39. The van der Waals surface area contributed by atoms with E-state index in [-0.39, 0.29) is 5.69 Å². The predicted molar refractivity (Wildman–Crippen MR) is 82.4 cm³/mol. The second kappa shape index (κ2) is 5.23. The number of halogens is 2. The van der Waals surface area contributed by atoms with E-state index in [1.807, 2.05) is 29.6 Å². The predicted octanol–water partition coefficient (Wildman–Crippen LogP) is 4.85. The third kappa shape index (κ3) is 2.40. The van der Waals surface area contributed by atoms with Gasteiger partial charge in [0.1, 0.15) is 10.8 Å². The van der Waals surface area contributed by atoms with E-state index in [0.29, 0.717) is 5.02 Å². The molecule has 0 radical (unpaired) electrons. The Hall–Kier alpha value is -1.91. The minimum absolute atomic E-state index is 0.120. The molecular weight excluding hydrogens is 295 g/mol. The number of hydrogen-bond donors (Lipinski definition) is 1. The lowest BCUT2D eigenvalue weighted by Crippen LogP contribution is -1.90. The molecule has 3 rings (SSSR count). The smallest absolute Gasteiger partial charge is 0.146 e. The summed E-state index contributed by atoms with van der Waals surface area (Å²) in [5.41, 5.74) is 8.14. The topological polar surface area (TPSA) is 38.9 Å². The van der Waals surface area contributed by atoms with Crippen LogP contribution in [0.25, 0.3) is 21.8 Å². The molecule has 1 aromatic heterocycles. The molecule has 0 saturated carbocycles. The first-order valence-corrected chi connectivity index (χ1v) is 7.17. The number of nitrogens with zero attached hydrogens (tertiary/aromatic N) is 1. The highest BCUT2D eigenvalue weighted by molar-refractivity contribution is 7.13. The highest BCUT2D eigenvalue weighted by atomic mass is 35.5. The maximum absolute atomic E-state index is 13.2. The molecule has 0 unspecified atom stereocenters. The molecule has 0 atom stereocenters. The Morgan fingerprint density at radius 2 is 1.95 bits per heavy atom. The molecule has 0 spiro atoms. The van der Waals surface area contributed by atoms with Crippen LogP contribution in [0.1, 0.15) is 0 Å². The third-order valence-electron chi connectivity index (χ3n) is 2.90. The first-order valence-electron chi connectivity index (χ1n) is 5.91. The zero-order valence-corrected chi connectivity index (χ0v) is 11.9. The van der Waals surface area contributed by atoms with Gasteiger partial charge in [-0.1, -0.05) is 29.8 Å².